The Bertz CT molecular complexity index is 982. The summed E-state index contributed by atoms with van der Waals surface area (Å²) >= 11 is 1.22. The van der Waals surface area contributed by atoms with Gasteiger partial charge in [0.1, 0.15) is 16.8 Å². The Balaban J connectivity index is 1.58. The molecule has 1 aliphatic carbocycles. The number of aromatic nitrogens is 1. The van der Waals surface area contributed by atoms with E-state index in [0.717, 1.165) is 36.9 Å². The zero-order valence-corrected chi connectivity index (χ0v) is 16.3. The van der Waals surface area contributed by atoms with E-state index in [0.29, 0.717) is 22.0 Å². The van der Waals surface area contributed by atoms with Crippen LogP contribution in [0.25, 0.3) is 0 Å². The fraction of sp³-hybridized carbons (Fsp3) is 0.333. The SMILES string of the molecule is COc1ccc(N2C(=O)CC(Sc3nc4c(cc3C#N)CCCC4)C2=O)cc1. The third-order valence-corrected chi connectivity index (χ3v) is 6.26. The van der Waals surface area contributed by atoms with E-state index in [9.17, 15) is 14.9 Å². The maximum atomic E-state index is 12.9. The number of carbonyl (C=O) groups excluding carboxylic acids is 2. The van der Waals surface area contributed by atoms with Gasteiger partial charge in [0, 0.05) is 12.1 Å². The third-order valence-electron chi connectivity index (χ3n) is 5.08. The molecular weight excluding hydrogens is 374 g/mol. The minimum absolute atomic E-state index is 0.0964. The fourth-order valence-electron chi connectivity index (χ4n) is 3.62. The van der Waals surface area contributed by atoms with E-state index in [1.807, 2.05) is 6.07 Å². The molecule has 142 valence electrons. The van der Waals surface area contributed by atoms with E-state index in [1.54, 1.807) is 31.4 Å². The van der Waals surface area contributed by atoms with Crippen molar-refractivity contribution in [1.29, 1.82) is 5.26 Å². The molecule has 2 aliphatic rings. The molecule has 0 N–H and O–H groups in total. The Labute approximate surface area is 167 Å². The first-order chi connectivity index (χ1) is 13.6. The van der Waals surface area contributed by atoms with E-state index in [-0.39, 0.29) is 18.2 Å². The number of anilines is 1. The lowest BCUT2D eigenvalue weighted by Crippen LogP contribution is -2.31. The zero-order valence-electron chi connectivity index (χ0n) is 15.5. The smallest absolute Gasteiger partial charge is 0.247 e. The summed E-state index contributed by atoms with van der Waals surface area (Å²) < 4.78 is 5.13. The first-order valence-corrected chi connectivity index (χ1v) is 10.1. The number of fused-ring (bicyclic) bond motifs is 1. The van der Waals surface area contributed by atoms with Gasteiger partial charge in [0.05, 0.1) is 23.6 Å². The highest BCUT2D eigenvalue weighted by Crippen LogP contribution is 2.36. The Kier molecular flexibility index (Phi) is 5.05. The second-order valence-electron chi connectivity index (χ2n) is 6.84. The molecule has 1 saturated heterocycles. The van der Waals surface area contributed by atoms with Crippen LogP contribution in [0.5, 0.6) is 5.75 Å². The molecule has 1 aromatic heterocycles. The predicted molar refractivity (Wildman–Crippen MR) is 105 cm³/mol. The summed E-state index contributed by atoms with van der Waals surface area (Å²) in [7, 11) is 1.56. The molecular formula is C21H19N3O3S. The van der Waals surface area contributed by atoms with E-state index in [2.05, 4.69) is 11.1 Å². The summed E-state index contributed by atoms with van der Waals surface area (Å²) in [6.45, 7) is 0. The summed E-state index contributed by atoms with van der Waals surface area (Å²) in [5.41, 5.74) is 3.14. The normalized spacial score (nSPS) is 18.7. The number of nitrogens with zero attached hydrogens (tertiary/aromatic N) is 3. The molecule has 6 nitrogen and oxygen atoms in total. The Morgan fingerprint density at radius 3 is 2.68 bits per heavy atom. The minimum Gasteiger partial charge on any atom is -0.497 e. The first-order valence-electron chi connectivity index (χ1n) is 9.21. The van der Waals surface area contributed by atoms with Crippen molar-refractivity contribution in [2.75, 3.05) is 12.0 Å². The van der Waals surface area contributed by atoms with Gasteiger partial charge in [-0.2, -0.15) is 5.26 Å². The highest BCUT2D eigenvalue weighted by molar-refractivity contribution is 8.00. The molecule has 0 bridgehead atoms. The number of thioether (sulfide) groups is 1. The number of nitriles is 1. The van der Waals surface area contributed by atoms with Crippen molar-refractivity contribution in [2.24, 2.45) is 0 Å². The number of ether oxygens (including phenoxy) is 1. The number of amides is 2. The van der Waals surface area contributed by atoms with Gasteiger partial charge in [0.2, 0.25) is 11.8 Å². The molecule has 1 atom stereocenters. The minimum atomic E-state index is -0.573. The van der Waals surface area contributed by atoms with Crippen LogP contribution in [0.2, 0.25) is 0 Å². The van der Waals surface area contributed by atoms with Gasteiger partial charge >= 0.3 is 0 Å². The third kappa shape index (κ3) is 3.36. The van der Waals surface area contributed by atoms with Crippen LogP contribution in [0.3, 0.4) is 0 Å². The van der Waals surface area contributed by atoms with Crippen LogP contribution in [0.1, 0.15) is 36.1 Å². The molecule has 2 aromatic rings. The summed E-state index contributed by atoms with van der Waals surface area (Å²) in [4.78, 5) is 31.3. The molecule has 4 rings (SSSR count). The maximum absolute atomic E-state index is 12.9. The Hall–Kier alpha value is -2.85. The van der Waals surface area contributed by atoms with Gasteiger partial charge in [-0.05, 0) is 61.6 Å². The molecule has 1 aromatic carbocycles. The lowest BCUT2D eigenvalue weighted by molar-refractivity contribution is -0.121. The Morgan fingerprint density at radius 1 is 1.21 bits per heavy atom. The van der Waals surface area contributed by atoms with Crippen molar-refractivity contribution in [2.45, 2.75) is 42.4 Å². The van der Waals surface area contributed by atoms with Crippen molar-refractivity contribution in [3.8, 4) is 11.8 Å². The summed E-state index contributed by atoms with van der Waals surface area (Å²) in [6, 6.07) is 10.9. The second-order valence-corrected chi connectivity index (χ2v) is 8.03. The summed E-state index contributed by atoms with van der Waals surface area (Å²) in [6.07, 6.45) is 4.12. The molecule has 1 fully saturated rings. The number of rotatable bonds is 4. The molecule has 0 radical (unpaired) electrons. The van der Waals surface area contributed by atoms with Crippen molar-refractivity contribution in [1.82, 2.24) is 4.98 Å². The predicted octanol–water partition coefficient (Wildman–Crippen LogP) is 3.26. The van der Waals surface area contributed by atoms with Crippen molar-refractivity contribution in [3.63, 3.8) is 0 Å². The van der Waals surface area contributed by atoms with Gasteiger partial charge in [0.15, 0.2) is 0 Å². The average Bonchev–Trinajstić information content (AvgIpc) is 3.00. The Morgan fingerprint density at radius 2 is 1.96 bits per heavy atom. The number of carbonyl (C=O) groups is 2. The van der Waals surface area contributed by atoms with Gasteiger partial charge in [-0.1, -0.05) is 11.8 Å². The van der Waals surface area contributed by atoms with Gasteiger partial charge in [0.25, 0.3) is 0 Å². The summed E-state index contributed by atoms with van der Waals surface area (Å²) in [5.74, 6) is 0.137. The molecule has 28 heavy (non-hydrogen) atoms. The van der Waals surface area contributed by atoms with Crippen molar-refractivity contribution >= 4 is 29.3 Å². The topological polar surface area (TPSA) is 83.3 Å². The first kappa shape index (κ1) is 18.5. The largest absolute Gasteiger partial charge is 0.497 e. The van der Waals surface area contributed by atoms with Crippen molar-refractivity contribution in [3.05, 3.63) is 47.2 Å². The quantitative estimate of drug-likeness (QED) is 0.742. The lowest BCUT2D eigenvalue weighted by Gasteiger charge is -2.18. The van der Waals surface area contributed by atoms with Crippen LogP contribution in [0.4, 0.5) is 5.69 Å². The van der Waals surface area contributed by atoms with Crippen LogP contribution in [0, 0.1) is 11.3 Å². The monoisotopic (exact) mass is 393 g/mol. The number of hydrogen-bond acceptors (Lipinski definition) is 6. The number of pyridine rings is 1. The van der Waals surface area contributed by atoms with Gasteiger partial charge in [-0.3, -0.25) is 9.59 Å². The number of benzene rings is 1. The number of methoxy groups -OCH3 is 1. The molecule has 0 spiro atoms. The molecule has 7 heteroatoms. The zero-order chi connectivity index (χ0) is 19.7. The van der Waals surface area contributed by atoms with Crippen molar-refractivity contribution < 1.29 is 14.3 Å². The highest BCUT2D eigenvalue weighted by atomic mass is 32.2. The molecule has 1 aliphatic heterocycles. The molecule has 0 saturated carbocycles. The van der Waals surface area contributed by atoms with Crippen LogP contribution in [-0.4, -0.2) is 29.2 Å². The van der Waals surface area contributed by atoms with E-state index < -0.39 is 5.25 Å². The van der Waals surface area contributed by atoms with E-state index in [4.69, 9.17) is 4.74 Å². The second kappa shape index (κ2) is 7.64. The molecule has 1 unspecified atom stereocenters. The maximum Gasteiger partial charge on any atom is 0.247 e. The molecule has 2 amide bonds. The lowest BCUT2D eigenvalue weighted by atomic mass is 9.95. The number of imide groups is 1. The fourth-order valence-corrected chi connectivity index (χ4v) is 4.71. The van der Waals surface area contributed by atoms with Gasteiger partial charge in [-0.15, -0.1) is 0 Å². The van der Waals surface area contributed by atoms with Crippen LogP contribution >= 0.6 is 11.8 Å². The van der Waals surface area contributed by atoms with Crippen LogP contribution in [-0.2, 0) is 22.4 Å². The van der Waals surface area contributed by atoms with Gasteiger partial charge in [-0.25, -0.2) is 9.88 Å². The average molecular weight is 393 g/mol. The number of aryl methyl sites for hydroxylation is 2. The van der Waals surface area contributed by atoms with Crippen LogP contribution < -0.4 is 9.64 Å². The van der Waals surface area contributed by atoms with Crippen LogP contribution in [0.15, 0.2) is 35.4 Å². The standard InChI is InChI=1S/C21H19N3O3S/c1-27-16-8-6-15(7-9-16)24-19(25)11-18(21(24)26)28-20-14(12-22)10-13-4-2-3-5-17(13)23-20/h6-10,18H,2-5,11H2,1H3. The van der Waals surface area contributed by atoms with E-state index in [1.165, 1.54) is 16.7 Å². The number of hydrogen-bond donors (Lipinski definition) is 0. The van der Waals surface area contributed by atoms with E-state index >= 15 is 0 Å². The van der Waals surface area contributed by atoms with Gasteiger partial charge < -0.3 is 4.74 Å². The highest BCUT2D eigenvalue weighted by Gasteiger charge is 2.40. The summed E-state index contributed by atoms with van der Waals surface area (Å²) in [5, 5.41) is 9.49. The molecule has 2 heterocycles.